The lowest BCUT2D eigenvalue weighted by molar-refractivity contribution is -0.137. The van der Waals surface area contributed by atoms with E-state index in [1.54, 1.807) is 0 Å². The Hall–Kier alpha value is -1.59. The van der Waals surface area contributed by atoms with E-state index in [1.165, 1.54) is 11.1 Å². The van der Waals surface area contributed by atoms with Crippen molar-refractivity contribution in [3.63, 3.8) is 0 Å². The van der Waals surface area contributed by atoms with Crippen LogP contribution in [0.4, 0.5) is 0 Å². The van der Waals surface area contributed by atoms with Crippen LogP contribution in [0.15, 0.2) is 24.3 Å². The van der Waals surface area contributed by atoms with Crippen molar-refractivity contribution in [3.05, 3.63) is 35.4 Å². The fraction of sp³-hybridized carbons (Fsp3) is 0.529. The fourth-order valence-corrected chi connectivity index (χ4v) is 2.86. The first-order valence-corrected chi connectivity index (χ1v) is 7.84. The Morgan fingerprint density at radius 1 is 1.26 bits per heavy atom. The number of amides is 1. The molecule has 1 aromatic rings. The number of rotatable bonds is 7. The number of carboxylic acids is 1. The van der Waals surface area contributed by atoms with Crippen LogP contribution in [0.3, 0.4) is 0 Å². The van der Waals surface area contributed by atoms with Gasteiger partial charge in [-0.3, -0.25) is 9.59 Å². The maximum absolute atomic E-state index is 12.1. The Morgan fingerprint density at radius 2 is 1.96 bits per heavy atom. The number of carboxylic acid groups (broad SMARTS) is 1. The molecule has 2 rings (SSSR count). The first kappa shape index (κ1) is 19.5. The molecule has 2 N–H and O–H groups in total. The van der Waals surface area contributed by atoms with E-state index >= 15 is 0 Å². The number of hydrogen-bond donors (Lipinski definition) is 2. The molecule has 128 valence electrons. The van der Waals surface area contributed by atoms with Crippen molar-refractivity contribution >= 4 is 24.3 Å². The second-order valence-electron chi connectivity index (χ2n) is 5.91. The number of benzene rings is 1. The summed E-state index contributed by atoms with van der Waals surface area (Å²) in [6, 6.07) is 8.40. The zero-order valence-corrected chi connectivity index (χ0v) is 14.3. The van der Waals surface area contributed by atoms with Crippen LogP contribution in [0, 0.1) is 0 Å². The Kier molecular flexibility index (Phi) is 8.06. The van der Waals surface area contributed by atoms with Gasteiger partial charge in [0.05, 0.1) is 12.5 Å². The van der Waals surface area contributed by atoms with E-state index in [0.29, 0.717) is 19.5 Å². The van der Waals surface area contributed by atoms with Gasteiger partial charge in [-0.25, -0.2) is 0 Å². The summed E-state index contributed by atoms with van der Waals surface area (Å²) in [6.07, 6.45) is 3.67. The lowest BCUT2D eigenvalue weighted by atomic mass is 9.87. The van der Waals surface area contributed by atoms with Crippen molar-refractivity contribution in [2.24, 2.45) is 0 Å². The van der Waals surface area contributed by atoms with Crippen LogP contribution in [0.5, 0.6) is 0 Å². The van der Waals surface area contributed by atoms with Gasteiger partial charge < -0.3 is 15.3 Å². The number of aliphatic carboxylic acids is 1. The summed E-state index contributed by atoms with van der Waals surface area (Å²) in [4.78, 5) is 24.5. The largest absolute Gasteiger partial charge is 0.481 e. The first-order valence-electron chi connectivity index (χ1n) is 7.84. The monoisotopic (exact) mass is 340 g/mol. The summed E-state index contributed by atoms with van der Waals surface area (Å²) >= 11 is 0. The van der Waals surface area contributed by atoms with E-state index in [-0.39, 0.29) is 30.8 Å². The van der Waals surface area contributed by atoms with Gasteiger partial charge in [-0.1, -0.05) is 24.3 Å². The van der Waals surface area contributed by atoms with Crippen molar-refractivity contribution in [1.29, 1.82) is 0 Å². The number of carbonyl (C=O) groups excluding carboxylic acids is 1. The van der Waals surface area contributed by atoms with E-state index < -0.39 is 5.97 Å². The molecule has 1 aliphatic carbocycles. The maximum Gasteiger partial charge on any atom is 0.304 e. The van der Waals surface area contributed by atoms with Crippen LogP contribution in [-0.2, 0) is 16.0 Å². The molecule has 23 heavy (non-hydrogen) atoms. The van der Waals surface area contributed by atoms with Gasteiger partial charge in [0.1, 0.15) is 0 Å². The first-order chi connectivity index (χ1) is 10.6. The minimum atomic E-state index is -0.810. The molecule has 0 saturated carbocycles. The number of aryl methyl sites for hydroxylation is 1. The van der Waals surface area contributed by atoms with Crippen molar-refractivity contribution in [1.82, 2.24) is 10.2 Å². The average Bonchev–Trinajstić information content (AvgIpc) is 2.51. The molecule has 0 saturated heterocycles. The van der Waals surface area contributed by atoms with Gasteiger partial charge in [0.25, 0.3) is 0 Å². The second-order valence-corrected chi connectivity index (χ2v) is 5.91. The molecular formula is C17H25ClN2O3. The molecule has 0 heterocycles. The highest BCUT2D eigenvalue weighted by Gasteiger charge is 2.21. The molecule has 1 atom stereocenters. The van der Waals surface area contributed by atoms with E-state index in [9.17, 15) is 9.59 Å². The Balaban J connectivity index is 0.00000264. The van der Waals surface area contributed by atoms with Gasteiger partial charge in [0.15, 0.2) is 0 Å². The highest BCUT2D eigenvalue weighted by Crippen LogP contribution is 2.29. The van der Waals surface area contributed by atoms with Gasteiger partial charge >= 0.3 is 5.97 Å². The summed E-state index contributed by atoms with van der Waals surface area (Å²) < 4.78 is 0. The Labute approximate surface area is 143 Å². The third kappa shape index (κ3) is 6.20. The molecular weight excluding hydrogens is 316 g/mol. The van der Waals surface area contributed by atoms with E-state index in [1.807, 2.05) is 24.1 Å². The smallest absolute Gasteiger partial charge is 0.304 e. The van der Waals surface area contributed by atoms with Crippen LogP contribution in [-0.4, -0.2) is 42.0 Å². The molecule has 0 radical (unpaired) electrons. The average molecular weight is 341 g/mol. The van der Waals surface area contributed by atoms with Gasteiger partial charge in [-0.15, -0.1) is 12.4 Å². The third-order valence-corrected chi connectivity index (χ3v) is 4.13. The lowest BCUT2D eigenvalue weighted by Crippen LogP contribution is -2.33. The number of carbonyl (C=O) groups is 2. The third-order valence-electron chi connectivity index (χ3n) is 4.13. The number of fused-ring (bicyclic) bond motifs is 1. The summed E-state index contributed by atoms with van der Waals surface area (Å²) in [6.45, 7) is 1.04. The van der Waals surface area contributed by atoms with Crippen molar-refractivity contribution in [2.45, 2.75) is 38.1 Å². The lowest BCUT2D eigenvalue weighted by Gasteiger charge is -2.26. The number of hydrogen-bond acceptors (Lipinski definition) is 3. The molecule has 1 aliphatic rings. The van der Waals surface area contributed by atoms with Gasteiger partial charge in [0, 0.05) is 19.5 Å². The minimum Gasteiger partial charge on any atom is -0.481 e. The molecule has 1 unspecified atom stereocenters. The zero-order valence-electron chi connectivity index (χ0n) is 13.5. The van der Waals surface area contributed by atoms with E-state index in [2.05, 4.69) is 17.4 Å². The number of nitrogens with zero attached hydrogens (tertiary/aromatic N) is 1. The summed E-state index contributed by atoms with van der Waals surface area (Å²) in [5.74, 6) is -0.779. The molecule has 1 aromatic carbocycles. The Morgan fingerprint density at radius 3 is 2.70 bits per heavy atom. The van der Waals surface area contributed by atoms with Gasteiger partial charge in [0.2, 0.25) is 5.91 Å². The molecule has 0 spiro atoms. The standard InChI is InChI=1S/C17H24N2O3.ClH/c1-19(12-10-17(21)22)11-9-16(20)18-15-8-4-6-13-5-2-3-7-14(13)15;/h2-3,5,7,15H,4,6,8-12H2,1H3,(H,18,20)(H,21,22);1H. The molecule has 0 aliphatic heterocycles. The highest BCUT2D eigenvalue weighted by molar-refractivity contribution is 5.85. The summed E-state index contributed by atoms with van der Waals surface area (Å²) in [5, 5.41) is 11.8. The predicted octanol–water partition coefficient (Wildman–Crippen LogP) is 2.40. The van der Waals surface area contributed by atoms with Crippen molar-refractivity contribution in [3.8, 4) is 0 Å². The van der Waals surface area contributed by atoms with E-state index in [4.69, 9.17) is 5.11 Å². The van der Waals surface area contributed by atoms with E-state index in [0.717, 1.165) is 19.3 Å². The normalized spacial score (nSPS) is 16.3. The van der Waals surface area contributed by atoms with Crippen molar-refractivity contribution in [2.75, 3.05) is 20.1 Å². The molecule has 1 amide bonds. The van der Waals surface area contributed by atoms with Crippen LogP contribution in [0.1, 0.15) is 42.9 Å². The predicted molar refractivity (Wildman–Crippen MR) is 91.9 cm³/mol. The van der Waals surface area contributed by atoms with Crippen LogP contribution in [0.25, 0.3) is 0 Å². The highest BCUT2D eigenvalue weighted by atomic mass is 35.5. The van der Waals surface area contributed by atoms with Crippen LogP contribution in [0.2, 0.25) is 0 Å². The van der Waals surface area contributed by atoms with Crippen LogP contribution < -0.4 is 5.32 Å². The molecule has 0 bridgehead atoms. The molecule has 0 aromatic heterocycles. The SMILES string of the molecule is CN(CCC(=O)O)CCC(=O)NC1CCCc2ccccc21.Cl. The van der Waals surface area contributed by atoms with Crippen molar-refractivity contribution < 1.29 is 14.7 Å². The van der Waals surface area contributed by atoms with Crippen LogP contribution >= 0.6 is 12.4 Å². The zero-order chi connectivity index (χ0) is 15.9. The molecule has 6 heteroatoms. The maximum atomic E-state index is 12.1. The molecule has 5 nitrogen and oxygen atoms in total. The fourth-order valence-electron chi connectivity index (χ4n) is 2.86. The number of halogens is 1. The summed E-state index contributed by atoms with van der Waals surface area (Å²) in [7, 11) is 1.84. The quantitative estimate of drug-likeness (QED) is 0.799. The second kappa shape index (κ2) is 9.53. The van der Waals surface area contributed by atoms with Gasteiger partial charge in [-0.05, 0) is 37.4 Å². The minimum absolute atomic E-state index is 0. The number of nitrogens with one attached hydrogen (secondary N) is 1. The Bertz CT molecular complexity index is 536. The van der Waals surface area contributed by atoms with Gasteiger partial charge in [-0.2, -0.15) is 0 Å². The summed E-state index contributed by atoms with van der Waals surface area (Å²) in [5.41, 5.74) is 2.57. The molecule has 0 fully saturated rings. The topological polar surface area (TPSA) is 69.6 Å².